The van der Waals surface area contributed by atoms with E-state index in [1.165, 1.54) is 37.4 Å². The first-order chi connectivity index (χ1) is 16.7. The zero-order chi connectivity index (χ0) is 25.3. The molecular formula is C27H37N5O2S. The summed E-state index contributed by atoms with van der Waals surface area (Å²) in [4.78, 5) is 36.8. The molecule has 1 aliphatic rings. The molecule has 0 bridgehead atoms. The molecule has 0 spiro atoms. The van der Waals surface area contributed by atoms with Crippen molar-refractivity contribution in [3.63, 3.8) is 0 Å². The van der Waals surface area contributed by atoms with Crippen LogP contribution in [0.4, 0.5) is 0 Å². The zero-order valence-electron chi connectivity index (χ0n) is 21.6. The maximum absolute atomic E-state index is 13.5. The lowest BCUT2D eigenvalue weighted by atomic mass is 9.81. The number of fused-ring (bicyclic) bond motifs is 1. The number of H-pyrrole nitrogens is 1. The van der Waals surface area contributed by atoms with Gasteiger partial charge >= 0.3 is 0 Å². The van der Waals surface area contributed by atoms with Gasteiger partial charge in [-0.15, -0.1) is 11.8 Å². The second-order valence-electron chi connectivity index (χ2n) is 9.99. The van der Waals surface area contributed by atoms with Gasteiger partial charge in [-0.05, 0) is 90.9 Å². The van der Waals surface area contributed by atoms with Gasteiger partial charge in [-0.25, -0.2) is 4.98 Å². The molecule has 7 nitrogen and oxygen atoms in total. The third-order valence-electron chi connectivity index (χ3n) is 7.67. The van der Waals surface area contributed by atoms with Gasteiger partial charge < -0.3 is 19.8 Å². The maximum Gasteiger partial charge on any atom is 0.254 e. The Morgan fingerprint density at radius 3 is 2.66 bits per heavy atom. The number of aromatic nitrogens is 3. The lowest BCUT2D eigenvalue weighted by molar-refractivity contribution is 0.0951. The third kappa shape index (κ3) is 5.05. The number of nitrogens with zero attached hydrogens (tertiary/aromatic N) is 3. The van der Waals surface area contributed by atoms with Crippen LogP contribution in [-0.2, 0) is 6.54 Å². The topological polar surface area (TPSA) is 83.0 Å². The Hall–Kier alpha value is -2.58. The van der Waals surface area contributed by atoms with E-state index in [0.29, 0.717) is 23.1 Å². The molecule has 1 amide bonds. The first kappa shape index (κ1) is 25.5. The van der Waals surface area contributed by atoms with Crippen molar-refractivity contribution in [2.24, 2.45) is 5.92 Å². The van der Waals surface area contributed by atoms with Gasteiger partial charge in [0.15, 0.2) is 0 Å². The van der Waals surface area contributed by atoms with Gasteiger partial charge in [-0.3, -0.25) is 9.59 Å². The van der Waals surface area contributed by atoms with E-state index in [1.54, 1.807) is 6.20 Å². The minimum atomic E-state index is -0.171. The lowest BCUT2D eigenvalue weighted by Gasteiger charge is -2.36. The Kier molecular flexibility index (Phi) is 7.71. The summed E-state index contributed by atoms with van der Waals surface area (Å²) in [7, 11) is 4.33. The predicted molar refractivity (Wildman–Crippen MR) is 143 cm³/mol. The summed E-state index contributed by atoms with van der Waals surface area (Å²) in [6.45, 7) is 6.33. The maximum atomic E-state index is 13.5. The zero-order valence-corrected chi connectivity index (χ0v) is 22.5. The van der Waals surface area contributed by atoms with Crippen molar-refractivity contribution in [2.45, 2.75) is 70.0 Å². The van der Waals surface area contributed by atoms with Crippen molar-refractivity contribution in [2.75, 3.05) is 20.4 Å². The van der Waals surface area contributed by atoms with Gasteiger partial charge in [0.2, 0.25) is 0 Å². The molecule has 4 rings (SSSR count). The van der Waals surface area contributed by atoms with E-state index in [2.05, 4.69) is 40.8 Å². The second kappa shape index (κ2) is 10.6. The number of carbonyl (C=O) groups is 1. The number of aryl methyl sites for hydroxylation is 1. The standard InChI is InChI=1S/C27H37N5O2S/c1-16-14-23(35-6)22(26(33)30-16)15-29-27(34)24-18(3)32(25-21(24)8-7-13-28-25)17(2)19-9-11-20(12-10-19)31(4)5/h7-8,13-14,17,19-20H,9-12,15H2,1-6H3,(H,29,34)(H,30,33)/t17-,19?,20?/m1/s1. The number of amides is 1. The van der Waals surface area contributed by atoms with Gasteiger partial charge in [0.05, 0.1) is 5.56 Å². The molecule has 1 atom stereocenters. The molecule has 1 fully saturated rings. The van der Waals surface area contributed by atoms with Crippen LogP contribution in [-0.4, -0.2) is 51.7 Å². The minimum absolute atomic E-state index is 0.155. The van der Waals surface area contributed by atoms with Crippen LogP contribution in [0, 0.1) is 19.8 Å². The van der Waals surface area contributed by atoms with Crippen molar-refractivity contribution in [3.05, 3.63) is 57.3 Å². The Morgan fingerprint density at radius 1 is 1.29 bits per heavy atom. The van der Waals surface area contributed by atoms with Crippen LogP contribution in [0.5, 0.6) is 0 Å². The summed E-state index contributed by atoms with van der Waals surface area (Å²) in [5.41, 5.74) is 3.68. The number of pyridine rings is 2. The quantitative estimate of drug-likeness (QED) is 0.465. The van der Waals surface area contributed by atoms with E-state index in [9.17, 15) is 9.59 Å². The number of hydrogen-bond acceptors (Lipinski definition) is 5. The Morgan fingerprint density at radius 2 is 2.00 bits per heavy atom. The number of aromatic amines is 1. The molecule has 0 aromatic carbocycles. The third-order valence-corrected chi connectivity index (χ3v) is 8.48. The van der Waals surface area contributed by atoms with Crippen molar-refractivity contribution in [1.82, 2.24) is 24.8 Å². The van der Waals surface area contributed by atoms with E-state index in [4.69, 9.17) is 4.98 Å². The monoisotopic (exact) mass is 495 g/mol. The molecule has 0 unspecified atom stereocenters. The van der Waals surface area contributed by atoms with Crippen molar-refractivity contribution in [1.29, 1.82) is 0 Å². The molecule has 8 heteroatoms. The van der Waals surface area contributed by atoms with Gasteiger partial charge in [-0.2, -0.15) is 0 Å². The van der Waals surface area contributed by atoms with Crippen LogP contribution in [0.1, 0.15) is 66.0 Å². The molecule has 3 aromatic rings. The van der Waals surface area contributed by atoms with Crippen LogP contribution in [0.15, 0.2) is 34.1 Å². The molecule has 188 valence electrons. The minimum Gasteiger partial charge on any atom is -0.348 e. The summed E-state index contributed by atoms with van der Waals surface area (Å²) < 4.78 is 2.26. The van der Waals surface area contributed by atoms with Gasteiger partial charge in [0.1, 0.15) is 5.65 Å². The fourth-order valence-corrected chi connectivity index (χ4v) is 6.35. The molecule has 35 heavy (non-hydrogen) atoms. The SMILES string of the molecule is CSc1cc(C)[nH]c(=O)c1CNC(=O)c1c(C)n([C@H](C)C2CCC(N(C)C)CC2)c2ncccc12. The highest BCUT2D eigenvalue weighted by molar-refractivity contribution is 7.98. The van der Waals surface area contributed by atoms with Crippen molar-refractivity contribution in [3.8, 4) is 0 Å². The van der Waals surface area contributed by atoms with Crippen LogP contribution >= 0.6 is 11.8 Å². The Balaban J connectivity index is 1.62. The highest BCUT2D eigenvalue weighted by Crippen LogP contribution is 2.38. The Bertz CT molecular complexity index is 1270. The van der Waals surface area contributed by atoms with E-state index in [1.807, 2.05) is 38.3 Å². The summed E-state index contributed by atoms with van der Waals surface area (Å²) in [5.74, 6) is 0.378. The predicted octanol–water partition coefficient (Wildman–Crippen LogP) is 4.67. The average Bonchev–Trinajstić information content (AvgIpc) is 3.14. The van der Waals surface area contributed by atoms with E-state index >= 15 is 0 Å². The summed E-state index contributed by atoms with van der Waals surface area (Å²) in [6, 6.07) is 6.70. The number of thioether (sulfide) groups is 1. The second-order valence-corrected chi connectivity index (χ2v) is 10.8. The van der Waals surface area contributed by atoms with Crippen molar-refractivity contribution < 1.29 is 4.79 Å². The normalized spacial score (nSPS) is 19.3. The van der Waals surface area contributed by atoms with E-state index in [-0.39, 0.29) is 24.1 Å². The highest BCUT2D eigenvalue weighted by Gasteiger charge is 2.30. The molecule has 0 radical (unpaired) electrons. The fourth-order valence-electron chi connectivity index (χ4n) is 5.65. The van der Waals surface area contributed by atoms with Gasteiger partial charge in [-0.1, -0.05) is 0 Å². The number of carbonyl (C=O) groups excluding carboxylic acids is 1. The lowest BCUT2D eigenvalue weighted by Crippen LogP contribution is -2.34. The van der Waals surface area contributed by atoms with Crippen LogP contribution in [0.3, 0.4) is 0 Å². The molecule has 0 aliphatic heterocycles. The molecule has 2 N–H and O–H groups in total. The van der Waals surface area contributed by atoms with Crippen LogP contribution in [0.25, 0.3) is 11.0 Å². The number of nitrogens with one attached hydrogen (secondary N) is 2. The largest absolute Gasteiger partial charge is 0.348 e. The summed E-state index contributed by atoms with van der Waals surface area (Å²) in [6.07, 6.45) is 8.48. The van der Waals surface area contributed by atoms with Crippen molar-refractivity contribution >= 4 is 28.7 Å². The first-order valence-electron chi connectivity index (χ1n) is 12.4. The molecular weight excluding hydrogens is 458 g/mol. The summed E-state index contributed by atoms with van der Waals surface area (Å²) >= 11 is 1.51. The van der Waals surface area contributed by atoms with E-state index in [0.717, 1.165) is 27.3 Å². The first-order valence-corrected chi connectivity index (χ1v) is 13.6. The summed E-state index contributed by atoms with van der Waals surface area (Å²) in [5, 5.41) is 3.87. The molecule has 3 aromatic heterocycles. The van der Waals surface area contributed by atoms with Gasteiger partial charge in [0, 0.05) is 52.1 Å². The fraction of sp³-hybridized carbons (Fsp3) is 0.519. The average molecular weight is 496 g/mol. The Labute approximate surface area is 211 Å². The number of rotatable bonds is 7. The molecule has 1 saturated carbocycles. The van der Waals surface area contributed by atoms with Crippen LogP contribution in [0.2, 0.25) is 0 Å². The number of hydrogen-bond donors (Lipinski definition) is 2. The highest BCUT2D eigenvalue weighted by atomic mass is 32.2. The van der Waals surface area contributed by atoms with Gasteiger partial charge in [0.25, 0.3) is 11.5 Å². The van der Waals surface area contributed by atoms with E-state index < -0.39 is 0 Å². The van der Waals surface area contributed by atoms with Crippen LogP contribution < -0.4 is 10.9 Å². The molecule has 3 heterocycles. The molecule has 0 saturated heterocycles. The molecule has 1 aliphatic carbocycles. The smallest absolute Gasteiger partial charge is 0.254 e.